The lowest BCUT2D eigenvalue weighted by Gasteiger charge is -2.32. The Balaban J connectivity index is 3.24. The molecule has 1 aromatic rings. The van der Waals surface area contributed by atoms with Gasteiger partial charge in [0.05, 0.1) is 21.1 Å². The molecule has 113 valence electrons. The number of carboxylic acids is 1. The van der Waals surface area contributed by atoms with Crippen LogP contribution in [0.1, 0.15) is 13.8 Å². The fourth-order valence-corrected chi connectivity index (χ4v) is 3.81. The second-order valence-electron chi connectivity index (χ2n) is 4.67. The van der Waals surface area contributed by atoms with Crippen molar-refractivity contribution in [2.24, 2.45) is 0 Å². The van der Waals surface area contributed by atoms with Crippen molar-refractivity contribution in [1.29, 1.82) is 5.26 Å². The molecule has 0 spiro atoms. The van der Waals surface area contributed by atoms with Crippen molar-refractivity contribution in [2.75, 3.05) is 0 Å². The first-order chi connectivity index (χ1) is 9.63. The standard InChI is InChI=1S/C13H13Cl3NO3Si/c1-7(6-17)21(3)13(2,12(18)19)20-11-5-9(15)8(14)4-10(11)16/h4-5,7H,1-3H3,(H,18,19). The van der Waals surface area contributed by atoms with Gasteiger partial charge < -0.3 is 9.84 Å². The van der Waals surface area contributed by atoms with E-state index >= 15 is 0 Å². The summed E-state index contributed by atoms with van der Waals surface area (Å²) in [6, 6.07) is 4.83. The molecule has 1 aromatic carbocycles. The van der Waals surface area contributed by atoms with E-state index in [1.54, 1.807) is 13.5 Å². The summed E-state index contributed by atoms with van der Waals surface area (Å²) in [6.07, 6.45) is 0. The number of halogens is 3. The number of aliphatic carboxylic acids is 1. The van der Waals surface area contributed by atoms with E-state index in [-0.39, 0.29) is 20.8 Å². The van der Waals surface area contributed by atoms with Gasteiger partial charge >= 0.3 is 5.97 Å². The van der Waals surface area contributed by atoms with E-state index in [1.165, 1.54) is 19.1 Å². The Morgan fingerprint density at radius 1 is 1.38 bits per heavy atom. The predicted octanol–water partition coefficient (Wildman–Crippen LogP) is 4.45. The maximum absolute atomic E-state index is 11.6. The molecule has 0 aliphatic heterocycles. The van der Waals surface area contributed by atoms with Crippen molar-refractivity contribution in [3.05, 3.63) is 27.2 Å². The van der Waals surface area contributed by atoms with E-state index < -0.39 is 25.5 Å². The molecule has 0 bridgehead atoms. The third kappa shape index (κ3) is 3.83. The van der Waals surface area contributed by atoms with Crippen LogP contribution < -0.4 is 4.74 Å². The Labute approximate surface area is 139 Å². The first-order valence-corrected chi connectivity index (χ1v) is 9.15. The first-order valence-electron chi connectivity index (χ1n) is 5.94. The van der Waals surface area contributed by atoms with Gasteiger partial charge in [0, 0.05) is 11.6 Å². The summed E-state index contributed by atoms with van der Waals surface area (Å²) >= 11 is 17.7. The topological polar surface area (TPSA) is 70.3 Å². The summed E-state index contributed by atoms with van der Waals surface area (Å²) in [6.45, 7) is 4.85. The molecule has 4 nitrogen and oxygen atoms in total. The molecule has 21 heavy (non-hydrogen) atoms. The fraction of sp³-hybridized carbons (Fsp3) is 0.385. The molecule has 0 saturated heterocycles. The Kier molecular flexibility index (Phi) is 5.94. The molecule has 0 aliphatic rings. The van der Waals surface area contributed by atoms with Gasteiger partial charge in [-0.1, -0.05) is 48.3 Å². The van der Waals surface area contributed by atoms with Crippen molar-refractivity contribution >= 4 is 49.6 Å². The van der Waals surface area contributed by atoms with Gasteiger partial charge in [0.2, 0.25) is 0 Å². The molecule has 1 rings (SSSR count). The summed E-state index contributed by atoms with van der Waals surface area (Å²) in [5, 5.41) is 17.6. The van der Waals surface area contributed by atoms with Gasteiger partial charge in [-0.15, -0.1) is 0 Å². The first kappa shape index (κ1) is 18.1. The predicted molar refractivity (Wildman–Crippen MR) is 84.8 cm³/mol. The van der Waals surface area contributed by atoms with Crippen molar-refractivity contribution in [2.45, 2.75) is 31.2 Å². The summed E-state index contributed by atoms with van der Waals surface area (Å²) in [7, 11) is -1.71. The zero-order valence-corrected chi connectivity index (χ0v) is 14.8. The zero-order valence-electron chi connectivity index (χ0n) is 11.6. The molecular weight excluding hydrogens is 353 g/mol. The minimum Gasteiger partial charge on any atom is -0.479 e. The Hall–Kier alpha value is -0.933. The van der Waals surface area contributed by atoms with E-state index in [4.69, 9.17) is 44.8 Å². The number of hydrogen-bond acceptors (Lipinski definition) is 3. The van der Waals surface area contributed by atoms with E-state index in [1.807, 2.05) is 0 Å². The van der Waals surface area contributed by atoms with E-state index in [0.717, 1.165) is 0 Å². The maximum Gasteiger partial charge on any atom is 0.343 e. The molecule has 1 N–H and O–H groups in total. The van der Waals surface area contributed by atoms with E-state index in [9.17, 15) is 9.90 Å². The van der Waals surface area contributed by atoms with Crippen molar-refractivity contribution in [3.63, 3.8) is 0 Å². The highest BCUT2D eigenvalue weighted by Crippen LogP contribution is 2.37. The van der Waals surface area contributed by atoms with Crippen LogP contribution in [0.25, 0.3) is 0 Å². The molecular formula is C13H13Cl3NO3Si. The molecule has 0 heterocycles. The average Bonchev–Trinajstić information content (AvgIpc) is 2.42. The fourth-order valence-electron chi connectivity index (χ4n) is 1.61. The van der Waals surface area contributed by atoms with Gasteiger partial charge in [0.1, 0.15) is 14.5 Å². The Morgan fingerprint density at radius 3 is 2.38 bits per heavy atom. The van der Waals surface area contributed by atoms with Gasteiger partial charge in [0.25, 0.3) is 0 Å². The third-order valence-corrected chi connectivity index (χ3v) is 7.56. The smallest absolute Gasteiger partial charge is 0.343 e. The normalized spacial score (nSPS) is 15.1. The average molecular weight is 366 g/mol. The number of nitriles is 1. The van der Waals surface area contributed by atoms with Crippen LogP contribution in [0.4, 0.5) is 0 Å². The van der Waals surface area contributed by atoms with Gasteiger partial charge in [-0.05, 0) is 13.0 Å². The Bertz CT molecular complexity index is 605. The third-order valence-electron chi connectivity index (χ3n) is 3.29. The van der Waals surface area contributed by atoms with Gasteiger partial charge in [-0.2, -0.15) is 5.26 Å². The molecule has 0 fully saturated rings. The van der Waals surface area contributed by atoms with E-state index in [2.05, 4.69) is 6.07 Å². The Morgan fingerprint density at radius 2 is 1.90 bits per heavy atom. The summed E-state index contributed by atoms with van der Waals surface area (Å²) in [5.41, 5.74) is -0.419. The van der Waals surface area contributed by atoms with Gasteiger partial charge in [-0.25, -0.2) is 4.79 Å². The number of nitrogens with zero attached hydrogens (tertiary/aromatic N) is 1. The van der Waals surface area contributed by atoms with Crippen molar-refractivity contribution < 1.29 is 14.6 Å². The van der Waals surface area contributed by atoms with Crippen LogP contribution in [0.15, 0.2) is 12.1 Å². The summed E-state index contributed by atoms with van der Waals surface area (Å²) in [4.78, 5) is 11.6. The lowest BCUT2D eigenvalue weighted by Crippen LogP contribution is -2.54. The van der Waals surface area contributed by atoms with Crippen LogP contribution in [0.5, 0.6) is 5.75 Å². The number of benzene rings is 1. The number of rotatable bonds is 5. The van der Waals surface area contributed by atoms with E-state index in [0.29, 0.717) is 0 Å². The molecule has 1 radical (unpaired) electrons. The highest BCUT2D eigenvalue weighted by molar-refractivity contribution is 6.67. The summed E-state index contributed by atoms with van der Waals surface area (Å²) < 4.78 is 5.63. The number of carbonyl (C=O) groups is 1. The number of carboxylic acid groups (broad SMARTS) is 1. The summed E-state index contributed by atoms with van der Waals surface area (Å²) in [5.74, 6) is -1.02. The minimum atomic E-state index is -1.71. The highest BCUT2D eigenvalue weighted by atomic mass is 35.5. The molecule has 0 saturated carbocycles. The second-order valence-corrected chi connectivity index (χ2v) is 9.08. The van der Waals surface area contributed by atoms with Crippen LogP contribution >= 0.6 is 34.8 Å². The SMILES string of the molecule is CC(C#N)[Si](C)C(C)(Oc1cc(Cl)c(Cl)cc1Cl)C(=O)O. The molecule has 0 amide bonds. The number of ether oxygens (including phenoxy) is 1. The molecule has 8 heteroatoms. The van der Waals surface area contributed by atoms with Crippen LogP contribution in [0.2, 0.25) is 27.2 Å². The maximum atomic E-state index is 11.6. The zero-order chi connectivity index (χ0) is 16.4. The molecule has 2 atom stereocenters. The van der Waals surface area contributed by atoms with Crippen LogP contribution in [0.3, 0.4) is 0 Å². The second kappa shape index (κ2) is 6.88. The number of hydrogen-bond donors (Lipinski definition) is 1. The van der Waals surface area contributed by atoms with Crippen LogP contribution in [0, 0.1) is 11.3 Å². The largest absolute Gasteiger partial charge is 0.479 e. The highest BCUT2D eigenvalue weighted by Gasteiger charge is 2.46. The lowest BCUT2D eigenvalue weighted by atomic mass is 10.3. The quantitative estimate of drug-likeness (QED) is 0.618. The van der Waals surface area contributed by atoms with Crippen LogP contribution in [-0.4, -0.2) is 25.1 Å². The molecule has 2 unspecified atom stereocenters. The molecule has 0 aromatic heterocycles. The monoisotopic (exact) mass is 364 g/mol. The minimum absolute atomic E-state index is 0.130. The van der Waals surface area contributed by atoms with Gasteiger partial charge in [0.15, 0.2) is 5.22 Å². The lowest BCUT2D eigenvalue weighted by molar-refractivity contribution is -0.147. The van der Waals surface area contributed by atoms with Crippen LogP contribution in [-0.2, 0) is 4.79 Å². The van der Waals surface area contributed by atoms with Crippen molar-refractivity contribution in [1.82, 2.24) is 0 Å². The molecule has 0 aliphatic carbocycles. The van der Waals surface area contributed by atoms with Gasteiger partial charge in [-0.3, -0.25) is 0 Å². The van der Waals surface area contributed by atoms with Crippen molar-refractivity contribution in [3.8, 4) is 11.8 Å².